The number of hydrogen-bond donors (Lipinski definition) is 0. The predicted molar refractivity (Wildman–Crippen MR) is 53.1 cm³/mol. The topological polar surface area (TPSA) is 44.8 Å². The van der Waals surface area contributed by atoms with Crippen LogP contribution in [0.3, 0.4) is 0 Å². The Morgan fingerprint density at radius 2 is 2.07 bits per heavy atom. The zero-order valence-corrected chi connectivity index (χ0v) is 9.02. The van der Waals surface area contributed by atoms with Crippen LogP contribution in [0.25, 0.3) is 0 Å². The van der Waals surface area contributed by atoms with E-state index < -0.39 is 5.79 Å². The first-order valence-corrected chi connectivity index (χ1v) is 4.86. The van der Waals surface area contributed by atoms with Crippen molar-refractivity contribution in [2.75, 3.05) is 7.11 Å². The second-order valence-electron chi connectivity index (χ2n) is 4.04. The van der Waals surface area contributed by atoms with Gasteiger partial charge in [-0.05, 0) is 26.0 Å². The highest BCUT2D eigenvalue weighted by molar-refractivity contribution is 5.91. The molecule has 4 nitrogen and oxygen atoms in total. The number of carbonyl (C=O) groups excluding carboxylic acids is 1. The lowest BCUT2D eigenvalue weighted by atomic mass is 10.0. The maximum Gasteiger partial charge on any atom is 0.337 e. The van der Waals surface area contributed by atoms with E-state index in [9.17, 15) is 4.79 Å². The number of carbonyl (C=O) groups is 1. The highest BCUT2D eigenvalue weighted by Crippen LogP contribution is 2.32. The molecule has 1 aliphatic carbocycles. The first-order chi connectivity index (χ1) is 7.02. The van der Waals surface area contributed by atoms with Crippen molar-refractivity contribution in [3.8, 4) is 0 Å². The van der Waals surface area contributed by atoms with Crippen LogP contribution in [-0.2, 0) is 19.0 Å². The summed E-state index contributed by atoms with van der Waals surface area (Å²) in [7, 11) is 1.36. The minimum Gasteiger partial charge on any atom is -0.465 e. The molecule has 1 aliphatic heterocycles. The molecule has 4 heteroatoms. The van der Waals surface area contributed by atoms with Crippen LogP contribution in [0.2, 0.25) is 0 Å². The molecule has 1 saturated heterocycles. The van der Waals surface area contributed by atoms with Gasteiger partial charge in [-0.2, -0.15) is 0 Å². The first kappa shape index (κ1) is 10.4. The van der Waals surface area contributed by atoms with Crippen LogP contribution in [0, 0.1) is 0 Å². The molecule has 1 heterocycles. The van der Waals surface area contributed by atoms with E-state index in [0.717, 1.165) is 0 Å². The maximum absolute atomic E-state index is 11.3. The van der Waals surface area contributed by atoms with Gasteiger partial charge in [-0.15, -0.1) is 0 Å². The SMILES string of the molecule is COC(=O)C1=C[C@H]2OC(C)(C)O[C@H]2C=C1. The van der Waals surface area contributed by atoms with Crippen molar-refractivity contribution in [3.63, 3.8) is 0 Å². The second kappa shape index (κ2) is 3.47. The third-order valence-corrected chi connectivity index (χ3v) is 2.39. The summed E-state index contributed by atoms with van der Waals surface area (Å²) < 4.78 is 15.9. The number of rotatable bonds is 1. The first-order valence-electron chi connectivity index (χ1n) is 4.86. The molecule has 2 rings (SSSR count). The van der Waals surface area contributed by atoms with Gasteiger partial charge in [-0.3, -0.25) is 0 Å². The normalized spacial score (nSPS) is 32.1. The van der Waals surface area contributed by atoms with Crippen molar-refractivity contribution in [2.45, 2.75) is 31.8 Å². The molecule has 82 valence electrons. The van der Waals surface area contributed by atoms with Crippen LogP contribution in [-0.4, -0.2) is 31.1 Å². The maximum atomic E-state index is 11.3. The summed E-state index contributed by atoms with van der Waals surface area (Å²) in [4.78, 5) is 11.3. The summed E-state index contributed by atoms with van der Waals surface area (Å²) in [6.07, 6.45) is 4.97. The Labute approximate surface area is 88.5 Å². The fourth-order valence-corrected chi connectivity index (χ4v) is 1.78. The molecule has 1 fully saturated rings. The lowest BCUT2D eigenvalue weighted by Gasteiger charge is -2.15. The fourth-order valence-electron chi connectivity index (χ4n) is 1.78. The number of esters is 1. The fraction of sp³-hybridized carbons (Fsp3) is 0.545. The minimum absolute atomic E-state index is 0.103. The number of ether oxygens (including phenoxy) is 3. The summed E-state index contributed by atoms with van der Waals surface area (Å²) >= 11 is 0. The van der Waals surface area contributed by atoms with E-state index in [1.165, 1.54) is 7.11 Å². The molecule has 0 unspecified atom stereocenters. The third kappa shape index (κ3) is 1.96. The Bertz CT molecular complexity index is 340. The van der Waals surface area contributed by atoms with Gasteiger partial charge in [0.1, 0.15) is 12.2 Å². The average Bonchev–Trinajstić information content (AvgIpc) is 2.49. The molecule has 0 radical (unpaired) electrons. The van der Waals surface area contributed by atoms with Gasteiger partial charge in [0.2, 0.25) is 0 Å². The molecule has 0 bridgehead atoms. The van der Waals surface area contributed by atoms with Crippen LogP contribution in [0.4, 0.5) is 0 Å². The van der Waals surface area contributed by atoms with Gasteiger partial charge in [0.15, 0.2) is 5.79 Å². The van der Waals surface area contributed by atoms with E-state index in [2.05, 4.69) is 4.74 Å². The van der Waals surface area contributed by atoms with Crippen molar-refractivity contribution in [1.29, 1.82) is 0 Å². The van der Waals surface area contributed by atoms with Crippen LogP contribution < -0.4 is 0 Å². The van der Waals surface area contributed by atoms with Crippen LogP contribution in [0.5, 0.6) is 0 Å². The van der Waals surface area contributed by atoms with E-state index >= 15 is 0 Å². The molecule has 0 aromatic heterocycles. The largest absolute Gasteiger partial charge is 0.465 e. The summed E-state index contributed by atoms with van der Waals surface area (Å²) in [5.41, 5.74) is 0.514. The molecule has 0 spiro atoms. The van der Waals surface area contributed by atoms with Gasteiger partial charge in [-0.1, -0.05) is 6.08 Å². The molecule has 0 N–H and O–H groups in total. The highest BCUT2D eigenvalue weighted by Gasteiger charge is 2.40. The lowest BCUT2D eigenvalue weighted by Crippen LogP contribution is -2.23. The van der Waals surface area contributed by atoms with Crippen molar-refractivity contribution >= 4 is 5.97 Å². The summed E-state index contributed by atoms with van der Waals surface area (Å²) in [5, 5.41) is 0. The Morgan fingerprint density at radius 3 is 2.73 bits per heavy atom. The molecule has 0 aromatic carbocycles. The smallest absolute Gasteiger partial charge is 0.337 e. The van der Waals surface area contributed by atoms with Crippen LogP contribution >= 0.6 is 0 Å². The molecular formula is C11H14O4. The van der Waals surface area contributed by atoms with Gasteiger partial charge in [-0.25, -0.2) is 4.79 Å². The summed E-state index contributed by atoms with van der Waals surface area (Å²) in [6, 6.07) is 0. The predicted octanol–water partition coefficient (Wildman–Crippen LogP) is 1.18. The van der Waals surface area contributed by atoms with Gasteiger partial charge < -0.3 is 14.2 Å². The Kier molecular flexibility index (Phi) is 2.40. The van der Waals surface area contributed by atoms with E-state index in [1.54, 1.807) is 12.2 Å². The molecule has 0 amide bonds. The Hall–Kier alpha value is -1.13. The van der Waals surface area contributed by atoms with Gasteiger partial charge in [0.25, 0.3) is 0 Å². The zero-order valence-electron chi connectivity index (χ0n) is 9.02. The van der Waals surface area contributed by atoms with Crippen LogP contribution in [0.1, 0.15) is 13.8 Å². The zero-order chi connectivity index (χ0) is 11.1. The molecule has 15 heavy (non-hydrogen) atoms. The molecule has 2 aliphatic rings. The van der Waals surface area contributed by atoms with Crippen molar-refractivity contribution in [1.82, 2.24) is 0 Å². The lowest BCUT2D eigenvalue weighted by molar-refractivity contribution is -0.139. The van der Waals surface area contributed by atoms with Crippen molar-refractivity contribution < 1.29 is 19.0 Å². The average molecular weight is 210 g/mol. The van der Waals surface area contributed by atoms with Gasteiger partial charge in [0, 0.05) is 0 Å². The summed E-state index contributed by atoms with van der Waals surface area (Å²) in [5.74, 6) is -0.945. The van der Waals surface area contributed by atoms with E-state index in [0.29, 0.717) is 5.57 Å². The summed E-state index contributed by atoms with van der Waals surface area (Å²) in [6.45, 7) is 3.70. The number of methoxy groups -OCH3 is 1. The van der Waals surface area contributed by atoms with Crippen LogP contribution in [0.15, 0.2) is 23.8 Å². The highest BCUT2D eigenvalue weighted by atomic mass is 16.7. The molecule has 0 aromatic rings. The van der Waals surface area contributed by atoms with Crippen molar-refractivity contribution in [3.05, 3.63) is 23.8 Å². The Balaban J connectivity index is 2.17. The van der Waals surface area contributed by atoms with Gasteiger partial charge >= 0.3 is 5.97 Å². The quantitative estimate of drug-likeness (QED) is 0.609. The van der Waals surface area contributed by atoms with E-state index in [1.807, 2.05) is 19.9 Å². The monoisotopic (exact) mass is 210 g/mol. The molecule has 0 saturated carbocycles. The van der Waals surface area contributed by atoms with E-state index in [-0.39, 0.29) is 18.2 Å². The Morgan fingerprint density at radius 1 is 1.40 bits per heavy atom. The second-order valence-corrected chi connectivity index (χ2v) is 4.04. The van der Waals surface area contributed by atoms with E-state index in [4.69, 9.17) is 9.47 Å². The molecule has 2 atom stereocenters. The third-order valence-electron chi connectivity index (χ3n) is 2.39. The standard InChI is InChI=1S/C11H14O4/c1-11(2)14-8-5-4-7(10(12)13-3)6-9(8)15-11/h4-6,8-9H,1-3H3/t8-,9+/m0/s1. The van der Waals surface area contributed by atoms with Gasteiger partial charge in [0.05, 0.1) is 12.7 Å². The number of hydrogen-bond acceptors (Lipinski definition) is 4. The molecular weight excluding hydrogens is 196 g/mol. The van der Waals surface area contributed by atoms with Crippen molar-refractivity contribution in [2.24, 2.45) is 0 Å². The minimum atomic E-state index is -0.595. The number of fused-ring (bicyclic) bond motifs is 1.